The van der Waals surface area contributed by atoms with E-state index in [1.807, 2.05) is 0 Å². The molecule has 2 heterocycles. The van der Waals surface area contributed by atoms with Gasteiger partial charge in [-0.15, -0.1) is 0 Å². The molecule has 0 spiro atoms. The van der Waals surface area contributed by atoms with Gasteiger partial charge in [0.05, 0.1) is 5.02 Å². The molecule has 1 aromatic carbocycles. The summed E-state index contributed by atoms with van der Waals surface area (Å²) in [6.45, 7) is 1.03. The summed E-state index contributed by atoms with van der Waals surface area (Å²) in [5.41, 5.74) is 0.518. The number of aromatic carboxylic acids is 1. The zero-order valence-corrected chi connectivity index (χ0v) is 11.6. The molecule has 0 fully saturated rings. The summed E-state index contributed by atoms with van der Waals surface area (Å²) in [6, 6.07) is 8.43. The monoisotopic (exact) mass is 306 g/mol. The second-order valence-corrected chi connectivity index (χ2v) is 4.72. The molecular formula is C14H11ClN2O4. The maximum absolute atomic E-state index is 11.0. The van der Waals surface area contributed by atoms with Crippen LogP contribution in [0, 0.1) is 0 Å². The van der Waals surface area contributed by atoms with Crippen LogP contribution < -0.4 is 14.8 Å². The first-order valence-electron chi connectivity index (χ1n) is 6.20. The minimum atomic E-state index is -1.18. The van der Waals surface area contributed by atoms with E-state index in [1.165, 1.54) is 6.07 Å². The third-order valence-electron chi connectivity index (χ3n) is 2.86. The number of pyridine rings is 1. The third kappa shape index (κ3) is 2.85. The van der Waals surface area contributed by atoms with Crippen LogP contribution in [0.2, 0.25) is 5.02 Å². The molecule has 21 heavy (non-hydrogen) atoms. The Bertz CT molecular complexity index is 705. The topological polar surface area (TPSA) is 80.7 Å². The van der Waals surface area contributed by atoms with Gasteiger partial charge in [-0.2, -0.15) is 0 Å². The highest BCUT2D eigenvalue weighted by molar-refractivity contribution is 6.33. The van der Waals surface area contributed by atoms with E-state index in [2.05, 4.69) is 10.3 Å². The normalized spacial score (nSPS) is 12.8. The van der Waals surface area contributed by atoms with Gasteiger partial charge < -0.3 is 19.9 Å². The number of hydrogen-bond donors (Lipinski definition) is 2. The van der Waals surface area contributed by atoms with Crippen LogP contribution in [0.1, 0.15) is 10.5 Å². The van der Waals surface area contributed by atoms with Crippen LogP contribution in [0.4, 0.5) is 11.5 Å². The molecule has 0 aliphatic carbocycles. The molecule has 2 aromatic rings. The first-order valence-corrected chi connectivity index (χ1v) is 6.58. The molecule has 0 amide bonds. The van der Waals surface area contributed by atoms with Crippen molar-refractivity contribution < 1.29 is 19.4 Å². The van der Waals surface area contributed by atoms with Crippen LogP contribution in [0.25, 0.3) is 0 Å². The van der Waals surface area contributed by atoms with Gasteiger partial charge in [0.1, 0.15) is 19.0 Å². The molecule has 7 heteroatoms. The first-order chi connectivity index (χ1) is 10.1. The van der Waals surface area contributed by atoms with Crippen LogP contribution in [-0.4, -0.2) is 29.3 Å². The fraction of sp³-hybridized carbons (Fsp3) is 0.143. The van der Waals surface area contributed by atoms with Crippen LogP contribution >= 0.6 is 11.6 Å². The van der Waals surface area contributed by atoms with Crippen molar-refractivity contribution in [3.8, 4) is 11.5 Å². The number of carboxylic acids is 1. The van der Waals surface area contributed by atoms with Gasteiger partial charge in [-0.25, -0.2) is 9.78 Å². The average molecular weight is 307 g/mol. The lowest BCUT2D eigenvalue weighted by molar-refractivity contribution is 0.0691. The van der Waals surface area contributed by atoms with Gasteiger partial charge in [0.2, 0.25) is 0 Å². The molecule has 1 aromatic heterocycles. The number of halogens is 1. The molecule has 3 rings (SSSR count). The van der Waals surface area contributed by atoms with Crippen molar-refractivity contribution in [2.24, 2.45) is 0 Å². The number of benzene rings is 1. The Morgan fingerprint density at radius 2 is 1.95 bits per heavy atom. The van der Waals surface area contributed by atoms with Crippen molar-refractivity contribution in [3.63, 3.8) is 0 Å². The van der Waals surface area contributed by atoms with Gasteiger partial charge in [-0.05, 0) is 24.3 Å². The summed E-state index contributed by atoms with van der Waals surface area (Å²) in [5, 5.41) is 12.1. The average Bonchev–Trinajstić information content (AvgIpc) is 2.49. The van der Waals surface area contributed by atoms with Gasteiger partial charge in [-0.1, -0.05) is 11.6 Å². The van der Waals surface area contributed by atoms with Crippen molar-refractivity contribution in [2.45, 2.75) is 0 Å². The lowest BCUT2D eigenvalue weighted by Gasteiger charge is -2.19. The minimum absolute atomic E-state index is 0.0928. The van der Waals surface area contributed by atoms with E-state index >= 15 is 0 Å². The molecule has 108 valence electrons. The van der Waals surface area contributed by atoms with E-state index in [-0.39, 0.29) is 10.7 Å². The zero-order chi connectivity index (χ0) is 14.8. The number of fused-ring (bicyclic) bond motifs is 1. The van der Waals surface area contributed by atoms with Crippen LogP contribution in [-0.2, 0) is 0 Å². The number of anilines is 2. The summed E-state index contributed by atoms with van der Waals surface area (Å²) < 4.78 is 10.9. The van der Waals surface area contributed by atoms with Gasteiger partial charge in [0.25, 0.3) is 0 Å². The molecule has 1 aliphatic heterocycles. The Labute approximate surface area is 125 Å². The number of rotatable bonds is 3. The van der Waals surface area contributed by atoms with Gasteiger partial charge >= 0.3 is 5.97 Å². The fourth-order valence-electron chi connectivity index (χ4n) is 1.93. The van der Waals surface area contributed by atoms with E-state index in [0.29, 0.717) is 36.2 Å². The predicted octanol–water partition coefficient (Wildman–Crippen LogP) is 2.95. The Morgan fingerprint density at radius 3 is 2.71 bits per heavy atom. The van der Waals surface area contributed by atoms with Crippen LogP contribution in [0.3, 0.4) is 0 Å². The smallest absolute Gasteiger partial charge is 0.356 e. The van der Waals surface area contributed by atoms with Crippen molar-refractivity contribution in [2.75, 3.05) is 18.5 Å². The molecule has 0 bridgehead atoms. The highest BCUT2D eigenvalue weighted by atomic mass is 35.5. The first kappa shape index (κ1) is 13.5. The number of nitrogens with zero attached hydrogens (tertiary/aromatic N) is 1. The largest absolute Gasteiger partial charge is 0.486 e. The van der Waals surface area contributed by atoms with E-state index in [0.717, 1.165) is 0 Å². The SMILES string of the molecule is O=C(O)c1nc(Nc2ccc3c(c2)OCCO3)ccc1Cl. The maximum atomic E-state index is 11.0. The molecule has 0 unspecified atom stereocenters. The number of aromatic nitrogens is 1. The molecular weight excluding hydrogens is 296 g/mol. The standard InChI is InChI=1S/C14H11ClN2O4/c15-9-2-4-12(17-13(9)14(18)19)16-8-1-3-10-11(7-8)21-6-5-20-10/h1-4,7H,5-6H2,(H,16,17)(H,18,19). The Morgan fingerprint density at radius 1 is 1.19 bits per heavy atom. The molecule has 1 aliphatic rings. The van der Waals surface area contributed by atoms with E-state index < -0.39 is 5.97 Å². The van der Waals surface area contributed by atoms with Crippen molar-refractivity contribution >= 4 is 29.1 Å². The minimum Gasteiger partial charge on any atom is -0.486 e. The number of carbonyl (C=O) groups is 1. The molecule has 0 radical (unpaired) electrons. The van der Waals surface area contributed by atoms with Crippen LogP contribution in [0.5, 0.6) is 11.5 Å². The summed E-state index contributed by atoms with van der Waals surface area (Å²) in [5.74, 6) is 0.528. The molecule has 0 atom stereocenters. The lowest BCUT2D eigenvalue weighted by Crippen LogP contribution is -2.15. The number of carboxylic acid groups (broad SMARTS) is 1. The summed E-state index contributed by atoms with van der Waals surface area (Å²) in [4.78, 5) is 15.0. The second kappa shape index (κ2) is 5.49. The molecule has 0 saturated carbocycles. The highest BCUT2D eigenvalue weighted by Crippen LogP contribution is 2.33. The van der Waals surface area contributed by atoms with Crippen LogP contribution in [0.15, 0.2) is 30.3 Å². The second-order valence-electron chi connectivity index (χ2n) is 4.32. The van der Waals surface area contributed by atoms with E-state index in [9.17, 15) is 4.79 Å². The molecule has 6 nitrogen and oxygen atoms in total. The van der Waals surface area contributed by atoms with E-state index in [4.69, 9.17) is 26.2 Å². The number of nitrogens with one attached hydrogen (secondary N) is 1. The van der Waals surface area contributed by atoms with E-state index in [1.54, 1.807) is 24.3 Å². The van der Waals surface area contributed by atoms with Crippen molar-refractivity contribution in [3.05, 3.63) is 41.0 Å². The lowest BCUT2D eigenvalue weighted by atomic mass is 10.2. The van der Waals surface area contributed by atoms with Gasteiger partial charge in [0, 0.05) is 11.8 Å². The molecule has 2 N–H and O–H groups in total. The van der Waals surface area contributed by atoms with Crippen molar-refractivity contribution in [1.82, 2.24) is 4.98 Å². The summed E-state index contributed by atoms with van der Waals surface area (Å²) >= 11 is 5.78. The quantitative estimate of drug-likeness (QED) is 0.907. The zero-order valence-electron chi connectivity index (χ0n) is 10.8. The van der Waals surface area contributed by atoms with Crippen molar-refractivity contribution in [1.29, 1.82) is 0 Å². The summed E-state index contributed by atoms with van der Waals surface area (Å²) in [7, 11) is 0. The number of hydrogen-bond acceptors (Lipinski definition) is 5. The summed E-state index contributed by atoms with van der Waals surface area (Å²) in [6.07, 6.45) is 0. The predicted molar refractivity (Wildman–Crippen MR) is 76.9 cm³/mol. The Kier molecular flexibility index (Phi) is 3.53. The fourth-order valence-corrected chi connectivity index (χ4v) is 2.12. The molecule has 0 saturated heterocycles. The van der Waals surface area contributed by atoms with Gasteiger partial charge in [-0.3, -0.25) is 0 Å². The Hall–Kier alpha value is -2.47. The highest BCUT2D eigenvalue weighted by Gasteiger charge is 2.14. The maximum Gasteiger partial charge on any atom is 0.356 e. The third-order valence-corrected chi connectivity index (χ3v) is 3.17. The van der Waals surface area contributed by atoms with Gasteiger partial charge in [0.15, 0.2) is 17.2 Å². The Balaban J connectivity index is 1.86. The number of ether oxygens (including phenoxy) is 2.